The number of aliphatic carboxylic acids is 1. The number of carboxylic acid groups (broad SMARTS) is 1. The van der Waals surface area contributed by atoms with Crippen LogP contribution in [0.5, 0.6) is 0 Å². The lowest BCUT2D eigenvalue weighted by Crippen LogP contribution is -3.11. The summed E-state index contributed by atoms with van der Waals surface area (Å²) in [6.45, 7) is 8.38. The highest BCUT2D eigenvalue weighted by Gasteiger charge is 2.12. The molecule has 2 aromatic rings. The van der Waals surface area contributed by atoms with Crippen molar-refractivity contribution in [2.75, 3.05) is 25.4 Å². The number of likely N-dealkylation sites (N-methyl/N-ethyl adjacent to an activating group) is 1. The van der Waals surface area contributed by atoms with E-state index >= 15 is 0 Å². The zero-order valence-corrected chi connectivity index (χ0v) is 13.3. The first-order chi connectivity index (χ1) is 10.2. The van der Waals surface area contributed by atoms with E-state index in [0.29, 0.717) is 0 Å². The van der Waals surface area contributed by atoms with Gasteiger partial charge >= 0.3 is 0 Å². The second kappa shape index (κ2) is 7.47. The average Bonchev–Trinajstić information content (AvgIpc) is 2.84. The molecule has 1 aromatic carbocycles. The zero-order valence-electron chi connectivity index (χ0n) is 12.5. The molecule has 1 heterocycles. The highest BCUT2D eigenvalue weighted by molar-refractivity contribution is 7.99. The molecule has 0 saturated heterocycles. The van der Waals surface area contributed by atoms with E-state index in [-0.39, 0.29) is 5.75 Å². The summed E-state index contributed by atoms with van der Waals surface area (Å²) in [5.74, 6) is -1.13. The van der Waals surface area contributed by atoms with Gasteiger partial charge in [-0.3, -0.25) is 0 Å². The van der Waals surface area contributed by atoms with Crippen LogP contribution in [0.1, 0.15) is 13.8 Å². The molecule has 0 aliphatic heterocycles. The van der Waals surface area contributed by atoms with Crippen molar-refractivity contribution in [1.29, 1.82) is 0 Å². The summed E-state index contributed by atoms with van der Waals surface area (Å²) in [6, 6.07) is 7.92. The summed E-state index contributed by atoms with van der Waals surface area (Å²) >= 11 is 1.23. The first kappa shape index (κ1) is 15.9. The quantitative estimate of drug-likeness (QED) is 0.686. The van der Waals surface area contributed by atoms with Crippen molar-refractivity contribution in [1.82, 2.24) is 9.55 Å². The molecule has 6 heteroatoms. The van der Waals surface area contributed by atoms with Gasteiger partial charge in [0.2, 0.25) is 0 Å². The number of fused-ring (bicyclic) bond motifs is 1. The molecule has 2 rings (SSSR count). The maximum Gasteiger partial charge on any atom is 0.169 e. The number of nitrogens with zero attached hydrogens (tertiary/aromatic N) is 2. The van der Waals surface area contributed by atoms with Crippen molar-refractivity contribution in [2.24, 2.45) is 0 Å². The Morgan fingerprint density at radius 1 is 1.33 bits per heavy atom. The highest BCUT2D eigenvalue weighted by Crippen LogP contribution is 2.23. The minimum atomic E-state index is -1.06. The number of carbonyl (C=O) groups is 1. The number of rotatable bonds is 8. The lowest BCUT2D eigenvalue weighted by atomic mass is 10.3. The molecule has 1 aromatic heterocycles. The number of imidazole rings is 1. The summed E-state index contributed by atoms with van der Waals surface area (Å²) < 4.78 is 2.12. The molecule has 0 atom stereocenters. The topological polar surface area (TPSA) is 62.4 Å². The molecular formula is C15H21N3O2S. The molecule has 0 aliphatic rings. The fourth-order valence-electron chi connectivity index (χ4n) is 2.38. The number of quaternary nitrogens is 1. The van der Waals surface area contributed by atoms with Crippen molar-refractivity contribution < 1.29 is 14.8 Å². The Labute approximate surface area is 129 Å². The largest absolute Gasteiger partial charge is 0.549 e. The van der Waals surface area contributed by atoms with E-state index in [1.165, 1.54) is 16.7 Å². The highest BCUT2D eigenvalue weighted by atomic mass is 32.2. The van der Waals surface area contributed by atoms with Crippen LogP contribution in [0.3, 0.4) is 0 Å². The molecule has 0 unspecified atom stereocenters. The molecule has 0 spiro atoms. The monoisotopic (exact) mass is 307 g/mol. The smallest absolute Gasteiger partial charge is 0.169 e. The van der Waals surface area contributed by atoms with Crippen molar-refractivity contribution in [2.45, 2.75) is 25.5 Å². The van der Waals surface area contributed by atoms with E-state index in [1.807, 2.05) is 24.3 Å². The zero-order chi connectivity index (χ0) is 15.2. The first-order valence-corrected chi connectivity index (χ1v) is 8.25. The van der Waals surface area contributed by atoms with Crippen LogP contribution in [0.25, 0.3) is 11.0 Å². The van der Waals surface area contributed by atoms with Crippen LogP contribution in [0, 0.1) is 0 Å². The van der Waals surface area contributed by atoms with E-state index in [4.69, 9.17) is 0 Å². The molecule has 5 nitrogen and oxygen atoms in total. The molecule has 114 valence electrons. The second-order valence-electron chi connectivity index (χ2n) is 4.90. The minimum absolute atomic E-state index is 0.0680. The number of benzene rings is 1. The molecule has 21 heavy (non-hydrogen) atoms. The van der Waals surface area contributed by atoms with Crippen LogP contribution in [0.2, 0.25) is 0 Å². The first-order valence-electron chi connectivity index (χ1n) is 7.27. The van der Waals surface area contributed by atoms with Crippen molar-refractivity contribution in [3.05, 3.63) is 24.3 Å². The third-order valence-electron chi connectivity index (χ3n) is 3.63. The number of aromatic nitrogens is 2. The Morgan fingerprint density at radius 2 is 2.05 bits per heavy atom. The average molecular weight is 307 g/mol. The van der Waals surface area contributed by atoms with Crippen molar-refractivity contribution >= 4 is 28.8 Å². The fraction of sp³-hybridized carbons (Fsp3) is 0.467. The fourth-order valence-corrected chi connectivity index (χ4v) is 3.13. The van der Waals surface area contributed by atoms with E-state index in [1.54, 1.807) is 0 Å². The van der Waals surface area contributed by atoms with Crippen LogP contribution < -0.4 is 10.0 Å². The summed E-state index contributed by atoms with van der Waals surface area (Å²) in [6.07, 6.45) is 0. The predicted octanol–water partition coefficient (Wildman–Crippen LogP) is -0.197. The minimum Gasteiger partial charge on any atom is -0.549 e. The summed E-state index contributed by atoms with van der Waals surface area (Å²) in [5, 5.41) is 11.4. The van der Waals surface area contributed by atoms with Gasteiger partial charge in [-0.2, -0.15) is 0 Å². The number of nitrogens with one attached hydrogen (secondary N) is 1. The van der Waals surface area contributed by atoms with Crippen molar-refractivity contribution in [3.63, 3.8) is 0 Å². The number of thioether (sulfide) groups is 1. The predicted molar refractivity (Wildman–Crippen MR) is 82.4 cm³/mol. The maximum absolute atomic E-state index is 10.7. The van der Waals surface area contributed by atoms with Gasteiger partial charge in [-0.15, -0.1) is 0 Å². The van der Waals surface area contributed by atoms with E-state index in [2.05, 4.69) is 23.4 Å². The van der Waals surface area contributed by atoms with Gasteiger partial charge in [-0.25, -0.2) is 4.98 Å². The van der Waals surface area contributed by atoms with Crippen LogP contribution in [-0.4, -0.2) is 40.9 Å². The van der Waals surface area contributed by atoms with Gasteiger partial charge in [0.25, 0.3) is 0 Å². The lowest BCUT2D eigenvalue weighted by Gasteiger charge is -2.17. The molecule has 0 fully saturated rings. The van der Waals surface area contributed by atoms with E-state index in [9.17, 15) is 9.90 Å². The Bertz CT molecular complexity index is 608. The SMILES string of the molecule is CC[NH+](CC)CCn1c(SCC(=O)[O-])nc2ccccc21. The van der Waals surface area contributed by atoms with Crippen LogP contribution in [-0.2, 0) is 11.3 Å². The Kier molecular flexibility index (Phi) is 5.64. The van der Waals surface area contributed by atoms with Crippen LogP contribution in [0.15, 0.2) is 29.4 Å². The Morgan fingerprint density at radius 3 is 2.71 bits per heavy atom. The molecular weight excluding hydrogens is 286 g/mol. The van der Waals surface area contributed by atoms with E-state index < -0.39 is 5.97 Å². The van der Waals surface area contributed by atoms with Gasteiger partial charge < -0.3 is 19.4 Å². The third-order valence-corrected chi connectivity index (χ3v) is 4.58. The van der Waals surface area contributed by atoms with Gasteiger partial charge in [0.15, 0.2) is 5.16 Å². The summed E-state index contributed by atoms with van der Waals surface area (Å²) in [4.78, 5) is 16.7. The van der Waals surface area contributed by atoms with Gasteiger partial charge in [-0.05, 0) is 26.0 Å². The van der Waals surface area contributed by atoms with Crippen molar-refractivity contribution in [3.8, 4) is 0 Å². The molecule has 0 bridgehead atoms. The van der Waals surface area contributed by atoms with Gasteiger partial charge in [-0.1, -0.05) is 23.9 Å². The van der Waals surface area contributed by atoms with Gasteiger partial charge in [0, 0.05) is 5.75 Å². The maximum atomic E-state index is 10.7. The molecule has 0 amide bonds. The van der Waals surface area contributed by atoms with Crippen LogP contribution >= 0.6 is 11.8 Å². The van der Waals surface area contributed by atoms with Gasteiger partial charge in [0.05, 0.1) is 43.2 Å². The standard InChI is InChI=1S/C15H21N3O2S/c1-3-17(4-2)9-10-18-13-8-6-5-7-12(13)16-15(18)21-11-14(19)20/h5-8H,3-4,9-11H2,1-2H3,(H,19,20). The van der Waals surface area contributed by atoms with E-state index in [0.717, 1.165) is 42.4 Å². The number of carbonyl (C=O) groups excluding carboxylic acids is 1. The molecule has 0 saturated carbocycles. The van der Waals surface area contributed by atoms with Gasteiger partial charge in [0.1, 0.15) is 0 Å². The van der Waals surface area contributed by atoms with Crippen LogP contribution in [0.4, 0.5) is 0 Å². The summed E-state index contributed by atoms with van der Waals surface area (Å²) in [5.41, 5.74) is 1.97. The Hall–Kier alpha value is -1.53. The number of hydrogen-bond acceptors (Lipinski definition) is 4. The Balaban J connectivity index is 2.24. The third kappa shape index (κ3) is 3.98. The molecule has 1 N–H and O–H groups in total. The molecule has 0 aliphatic carbocycles. The molecule has 0 radical (unpaired) electrons. The number of para-hydroxylation sites is 2. The second-order valence-corrected chi connectivity index (χ2v) is 5.85. The normalized spacial score (nSPS) is 11.4. The summed E-state index contributed by atoms with van der Waals surface area (Å²) in [7, 11) is 0. The number of carboxylic acids is 1. The lowest BCUT2D eigenvalue weighted by molar-refractivity contribution is -0.897. The number of hydrogen-bond donors (Lipinski definition) is 1.